The molecule has 1 aromatic heterocycles. The molecular formula is C16H13BrN4O5S. The first-order valence-electron chi connectivity index (χ1n) is 7.46. The Morgan fingerprint density at radius 2 is 2.00 bits per heavy atom. The molecule has 3 rings (SSSR count). The number of benzene rings is 2. The SMILES string of the molecule is COc1ccc([N+](=O)[O-])cc1S(=O)(=O)Nc1ccccc1-n1cc(Br)cn1. The van der Waals surface area contributed by atoms with Crippen molar-refractivity contribution in [2.45, 2.75) is 4.90 Å². The maximum absolute atomic E-state index is 12.9. The van der Waals surface area contributed by atoms with Crippen LogP contribution >= 0.6 is 15.9 Å². The molecule has 0 fully saturated rings. The molecule has 11 heteroatoms. The molecule has 0 amide bonds. The van der Waals surface area contributed by atoms with Crippen LogP contribution in [-0.2, 0) is 10.0 Å². The monoisotopic (exact) mass is 452 g/mol. The number of ether oxygens (including phenoxy) is 1. The van der Waals surface area contributed by atoms with Crippen LogP contribution in [0, 0.1) is 10.1 Å². The molecule has 0 bridgehead atoms. The molecule has 0 saturated heterocycles. The van der Waals surface area contributed by atoms with Gasteiger partial charge in [0.1, 0.15) is 10.6 Å². The van der Waals surface area contributed by atoms with Crippen LogP contribution in [0.15, 0.2) is 64.2 Å². The van der Waals surface area contributed by atoms with Crippen molar-refractivity contribution in [2.24, 2.45) is 0 Å². The third-order valence-corrected chi connectivity index (χ3v) is 5.39. The summed E-state index contributed by atoms with van der Waals surface area (Å²) in [5, 5.41) is 15.2. The quantitative estimate of drug-likeness (QED) is 0.452. The van der Waals surface area contributed by atoms with Gasteiger partial charge in [-0.1, -0.05) is 12.1 Å². The van der Waals surface area contributed by atoms with E-state index in [1.165, 1.54) is 23.9 Å². The highest BCUT2D eigenvalue weighted by atomic mass is 79.9. The number of nitro groups is 1. The Hall–Kier alpha value is -2.92. The molecule has 0 radical (unpaired) electrons. The Morgan fingerprint density at radius 1 is 1.26 bits per heavy atom. The lowest BCUT2D eigenvalue weighted by molar-refractivity contribution is -0.385. The van der Waals surface area contributed by atoms with Crippen LogP contribution in [0.4, 0.5) is 11.4 Å². The lowest BCUT2D eigenvalue weighted by Crippen LogP contribution is -2.16. The minimum Gasteiger partial charge on any atom is -0.495 e. The van der Waals surface area contributed by atoms with Crippen molar-refractivity contribution in [2.75, 3.05) is 11.8 Å². The highest BCUT2D eigenvalue weighted by molar-refractivity contribution is 9.10. The van der Waals surface area contributed by atoms with E-state index in [0.29, 0.717) is 5.69 Å². The Bertz CT molecular complexity index is 1110. The number of non-ortho nitro benzene ring substituents is 1. The number of hydrogen-bond donors (Lipinski definition) is 1. The molecule has 0 aliphatic rings. The molecule has 0 unspecified atom stereocenters. The first-order chi connectivity index (χ1) is 12.8. The number of halogens is 1. The number of rotatable bonds is 6. The molecular weight excluding hydrogens is 440 g/mol. The molecule has 27 heavy (non-hydrogen) atoms. The summed E-state index contributed by atoms with van der Waals surface area (Å²) in [6.45, 7) is 0. The molecule has 1 heterocycles. The number of sulfonamides is 1. The lowest BCUT2D eigenvalue weighted by atomic mass is 10.3. The maximum Gasteiger partial charge on any atom is 0.271 e. The summed E-state index contributed by atoms with van der Waals surface area (Å²) in [5.41, 5.74) is 0.373. The standard InChI is InChI=1S/C16H13BrN4O5S/c1-26-15-7-6-12(21(22)23)8-16(15)27(24,25)19-13-4-2-3-5-14(13)20-10-11(17)9-18-20/h2-10,19H,1H3. The van der Waals surface area contributed by atoms with Crippen LogP contribution in [0.5, 0.6) is 5.75 Å². The molecule has 1 N–H and O–H groups in total. The van der Waals surface area contributed by atoms with Crippen molar-refractivity contribution in [3.05, 3.63) is 69.4 Å². The van der Waals surface area contributed by atoms with Gasteiger partial charge in [-0.05, 0) is 34.1 Å². The van der Waals surface area contributed by atoms with E-state index in [4.69, 9.17) is 4.74 Å². The molecule has 0 aliphatic carbocycles. The van der Waals surface area contributed by atoms with E-state index in [-0.39, 0.29) is 22.0 Å². The number of hydrogen-bond acceptors (Lipinski definition) is 6. The van der Waals surface area contributed by atoms with E-state index < -0.39 is 14.9 Å². The maximum atomic E-state index is 12.9. The molecule has 0 saturated carbocycles. The van der Waals surface area contributed by atoms with Crippen molar-refractivity contribution < 1.29 is 18.1 Å². The molecule has 0 atom stereocenters. The van der Waals surface area contributed by atoms with Gasteiger partial charge in [0.25, 0.3) is 15.7 Å². The van der Waals surface area contributed by atoms with Gasteiger partial charge in [-0.3, -0.25) is 14.8 Å². The number of para-hydroxylation sites is 2. The van der Waals surface area contributed by atoms with Crippen LogP contribution in [0.2, 0.25) is 0 Å². The highest BCUT2D eigenvalue weighted by Gasteiger charge is 2.24. The van der Waals surface area contributed by atoms with Crippen molar-refractivity contribution in [3.8, 4) is 11.4 Å². The Morgan fingerprint density at radius 3 is 2.63 bits per heavy atom. The van der Waals surface area contributed by atoms with E-state index in [9.17, 15) is 18.5 Å². The van der Waals surface area contributed by atoms with E-state index in [0.717, 1.165) is 10.5 Å². The molecule has 140 valence electrons. The van der Waals surface area contributed by atoms with Gasteiger partial charge >= 0.3 is 0 Å². The van der Waals surface area contributed by atoms with Gasteiger partial charge in [0.05, 0.1) is 34.1 Å². The van der Waals surface area contributed by atoms with Crippen LogP contribution < -0.4 is 9.46 Å². The van der Waals surface area contributed by atoms with Crippen molar-refractivity contribution >= 4 is 37.3 Å². The fraction of sp³-hybridized carbons (Fsp3) is 0.0625. The summed E-state index contributed by atoms with van der Waals surface area (Å²) >= 11 is 3.29. The Kier molecular flexibility index (Phi) is 5.15. The van der Waals surface area contributed by atoms with Crippen LogP contribution in [0.25, 0.3) is 5.69 Å². The predicted octanol–water partition coefficient (Wildman–Crippen LogP) is 3.35. The molecule has 0 aliphatic heterocycles. The number of anilines is 1. The second-order valence-corrected chi connectivity index (χ2v) is 7.88. The highest BCUT2D eigenvalue weighted by Crippen LogP contribution is 2.31. The smallest absolute Gasteiger partial charge is 0.271 e. The van der Waals surface area contributed by atoms with E-state index in [1.54, 1.807) is 36.7 Å². The largest absolute Gasteiger partial charge is 0.495 e. The summed E-state index contributed by atoms with van der Waals surface area (Å²) in [6, 6.07) is 10.0. The number of methoxy groups -OCH3 is 1. The molecule has 0 spiro atoms. The van der Waals surface area contributed by atoms with Gasteiger partial charge in [0.15, 0.2) is 0 Å². The topological polar surface area (TPSA) is 116 Å². The average molecular weight is 453 g/mol. The van der Waals surface area contributed by atoms with Crippen molar-refractivity contribution in [3.63, 3.8) is 0 Å². The van der Waals surface area contributed by atoms with E-state index >= 15 is 0 Å². The first kappa shape index (κ1) is 18.9. The zero-order valence-corrected chi connectivity index (χ0v) is 16.3. The number of nitrogens with one attached hydrogen (secondary N) is 1. The Labute approximate surface area is 162 Å². The minimum atomic E-state index is -4.17. The van der Waals surface area contributed by atoms with Crippen LogP contribution in [0.3, 0.4) is 0 Å². The summed E-state index contributed by atoms with van der Waals surface area (Å²) in [4.78, 5) is 10.0. The molecule has 2 aromatic carbocycles. The van der Waals surface area contributed by atoms with Gasteiger partial charge in [-0.15, -0.1) is 0 Å². The third-order valence-electron chi connectivity index (χ3n) is 3.59. The van der Waals surface area contributed by atoms with Gasteiger partial charge in [0, 0.05) is 18.3 Å². The molecule has 9 nitrogen and oxygen atoms in total. The number of nitro benzene ring substituents is 1. The normalized spacial score (nSPS) is 11.2. The summed E-state index contributed by atoms with van der Waals surface area (Å²) in [7, 11) is -2.88. The third kappa shape index (κ3) is 3.93. The van der Waals surface area contributed by atoms with Crippen LogP contribution in [-0.4, -0.2) is 30.2 Å². The van der Waals surface area contributed by atoms with Gasteiger partial charge in [-0.25, -0.2) is 13.1 Å². The zero-order valence-electron chi connectivity index (χ0n) is 13.9. The second kappa shape index (κ2) is 7.37. The van der Waals surface area contributed by atoms with Gasteiger partial charge < -0.3 is 4.74 Å². The van der Waals surface area contributed by atoms with Crippen molar-refractivity contribution in [1.82, 2.24) is 9.78 Å². The zero-order chi connectivity index (χ0) is 19.6. The second-order valence-electron chi connectivity index (χ2n) is 5.32. The number of nitrogens with zero attached hydrogens (tertiary/aromatic N) is 3. The molecule has 3 aromatic rings. The predicted molar refractivity (Wildman–Crippen MR) is 102 cm³/mol. The van der Waals surface area contributed by atoms with Crippen molar-refractivity contribution in [1.29, 1.82) is 0 Å². The number of aromatic nitrogens is 2. The fourth-order valence-electron chi connectivity index (χ4n) is 2.38. The minimum absolute atomic E-state index is 0.00702. The van der Waals surface area contributed by atoms with Gasteiger partial charge in [0.2, 0.25) is 0 Å². The van der Waals surface area contributed by atoms with Gasteiger partial charge in [-0.2, -0.15) is 5.10 Å². The van der Waals surface area contributed by atoms with E-state index in [2.05, 4.69) is 25.8 Å². The van der Waals surface area contributed by atoms with Crippen LogP contribution in [0.1, 0.15) is 0 Å². The first-order valence-corrected chi connectivity index (χ1v) is 9.74. The fourth-order valence-corrected chi connectivity index (χ4v) is 3.93. The lowest BCUT2D eigenvalue weighted by Gasteiger charge is -2.14. The summed E-state index contributed by atoms with van der Waals surface area (Å²) in [5.74, 6) is -0.00702. The summed E-state index contributed by atoms with van der Waals surface area (Å²) < 4.78 is 35.5. The average Bonchev–Trinajstić information content (AvgIpc) is 3.07. The summed E-state index contributed by atoms with van der Waals surface area (Å²) in [6.07, 6.45) is 3.23. The Balaban J connectivity index is 2.06. The van der Waals surface area contributed by atoms with E-state index in [1.807, 2.05) is 0 Å².